The topological polar surface area (TPSA) is 85.3 Å². The number of anilines is 2. The average molecular weight is 477 g/mol. The van der Waals surface area contributed by atoms with Crippen LogP contribution in [0.1, 0.15) is 18.5 Å². The van der Waals surface area contributed by atoms with E-state index in [1.54, 1.807) is 24.9 Å². The minimum Gasteiger partial charge on any atom is -0.489 e. The van der Waals surface area contributed by atoms with Crippen molar-refractivity contribution in [3.05, 3.63) is 72.0 Å². The van der Waals surface area contributed by atoms with Gasteiger partial charge in [0.05, 0.1) is 27.8 Å². The summed E-state index contributed by atoms with van der Waals surface area (Å²) in [6.07, 6.45) is 8.63. The monoisotopic (exact) mass is 476 g/mol. The molecule has 0 atom stereocenters. The smallest absolute Gasteiger partial charge is 0.145 e. The molecule has 1 saturated heterocycles. The van der Waals surface area contributed by atoms with E-state index >= 15 is 0 Å². The minimum atomic E-state index is 0.176. The van der Waals surface area contributed by atoms with E-state index in [2.05, 4.69) is 37.2 Å². The molecule has 9 heteroatoms. The molecule has 5 rings (SSSR count). The minimum absolute atomic E-state index is 0.176. The number of aromatic nitrogens is 4. The third kappa shape index (κ3) is 5.18. The lowest BCUT2D eigenvalue weighted by molar-refractivity contribution is 0.116. The van der Waals surface area contributed by atoms with Gasteiger partial charge in [-0.05, 0) is 50.2 Å². The number of rotatable bonds is 7. The van der Waals surface area contributed by atoms with Crippen LogP contribution < -0.4 is 14.8 Å². The molecule has 8 nitrogen and oxygen atoms in total. The normalized spacial score (nSPS) is 14.8. The number of ether oxygens (including phenoxy) is 2. The first kappa shape index (κ1) is 22.3. The molecule has 1 N–H and O–H groups in total. The van der Waals surface area contributed by atoms with Crippen molar-refractivity contribution >= 4 is 34.0 Å². The lowest BCUT2D eigenvalue weighted by atomic mass is 10.1. The third-order valence-corrected chi connectivity index (χ3v) is 6.07. The first-order valence-corrected chi connectivity index (χ1v) is 11.6. The third-order valence-electron chi connectivity index (χ3n) is 5.77. The molecule has 0 bridgehead atoms. The average Bonchev–Trinajstić information content (AvgIpc) is 2.86. The van der Waals surface area contributed by atoms with E-state index in [0.717, 1.165) is 54.0 Å². The standard InChI is InChI=1S/C25H25ClN6O2/c1-32-11-7-19(8-12-32)34-23-4-2-3-21-24(23)25(30-16-29-21)31-17-5-6-22(20(26)13-17)33-15-18-14-27-9-10-28-18/h2-6,9-10,13-14,16,19H,7-8,11-12,15H2,1H3,(H,29,30,31). The number of likely N-dealkylation sites (tertiary alicyclic amines) is 1. The lowest BCUT2D eigenvalue weighted by Gasteiger charge is -2.29. The molecule has 4 aromatic rings. The Labute approximate surface area is 202 Å². The van der Waals surface area contributed by atoms with Gasteiger partial charge in [0.25, 0.3) is 0 Å². The van der Waals surface area contributed by atoms with E-state index in [1.807, 2.05) is 36.4 Å². The molecule has 2 aromatic carbocycles. The first-order chi connectivity index (χ1) is 16.7. The Morgan fingerprint density at radius 2 is 1.94 bits per heavy atom. The van der Waals surface area contributed by atoms with Crippen LogP contribution in [0.4, 0.5) is 11.5 Å². The molecule has 0 unspecified atom stereocenters. The summed E-state index contributed by atoms with van der Waals surface area (Å²) in [6, 6.07) is 11.4. The molecule has 0 saturated carbocycles. The maximum Gasteiger partial charge on any atom is 0.145 e. The van der Waals surface area contributed by atoms with Crippen molar-refractivity contribution in [3.63, 3.8) is 0 Å². The maximum atomic E-state index is 6.49. The van der Waals surface area contributed by atoms with Crippen LogP contribution in [0, 0.1) is 0 Å². The summed E-state index contributed by atoms with van der Waals surface area (Å²) in [6.45, 7) is 2.34. The van der Waals surface area contributed by atoms with Gasteiger partial charge in [-0.1, -0.05) is 17.7 Å². The molecule has 1 aliphatic rings. The van der Waals surface area contributed by atoms with Crippen molar-refractivity contribution in [3.8, 4) is 11.5 Å². The number of halogens is 1. The fourth-order valence-corrected chi connectivity index (χ4v) is 4.18. The zero-order valence-corrected chi connectivity index (χ0v) is 19.6. The van der Waals surface area contributed by atoms with Gasteiger partial charge in [0.15, 0.2) is 0 Å². The SMILES string of the molecule is CN1CCC(Oc2cccc3ncnc(Nc4ccc(OCc5cnccn5)c(Cl)c4)c23)CC1. The second kappa shape index (κ2) is 10.2. The highest BCUT2D eigenvalue weighted by atomic mass is 35.5. The zero-order chi connectivity index (χ0) is 23.3. The Hall–Kier alpha value is -3.49. The highest BCUT2D eigenvalue weighted by Crippen LogP contribution is 2.35. The predicted octanol–water partition coefficient (Wildman–Crippen LogP) is 4.87. The number of benzene rings is 2. The van der Waals surface area contributed by atoms with Crippen LogP contribution in [-0.2, 0) is 6.61 Å². The van der Waals surface area contributed by atoms with Crippen LogP contribution in [0.5, 0.6) is 11.5 Å². The fourth-order valence-electron chi connectivity index (χ4n) is 3.94. The van der Waals surface area contributed by atoms with Crippen molar-refractivity contribution in [2.24, 2.45) is 0 Å². The molecule has 0 spiro atoms. The Kier molecular flexibility index (Phi) is 6.69. The first-order valence-electron chi connectivity index (χ1n) is 11.2. The summed E-state index contributed by atoms with van der Waals surface area (Å²) < 4.78 is 12.2. The van der Waals surface area contributed by atoms with Crippen LogP contribution in [0.2, 0.25) is 5.02 Å². The summed E-state index contributed by atoms with van der Waals surface area (Å²) in [7, 11) is 2.14. The molecular weight excluding hydrogens is 452 g/mol. The molecule has 2 aromatic heterocycles. The van der Waals surface area contributed by atoms with Gasteiger partial charge in [-0.25, -0.2) is 9.97 Å². The van der Waals surface area contributed by atoms with E-state index in [4.69, 9.17) is 21.1 Å². The number of hydrogen-bond acceptors (Lipinski definition) is 8. The van der Waals surface area contributed by atoms with Crippen molar-refractivity contribution in [1.29, 1.82) is 0 Å². The highest BCUT2D eigenvalue weighted by molar-refractivity contribution is 6.32. The Morgan fingerprint density at radius 3 is 2.74 bits per heavy atom. The van der Waals surface area contributed by atoms with Gasteiger partial charge < -0.3 is 19.7 Å². The second-order valence-corrected chi connectivity index (χ2v) is 8.66. The molecular formula is C25H25ClN6O2. The van der Waals surface area contributed by atoms with Crippen LogP contribution in [0.3, 0.4) is 0 Å². The Balaban J connectivity index is 1.35. The summed E-state index contributed by atoms with van der Waals surface area (Å²) in [5, 5.41) is 4.70. The molecule has 174 valence electrons. The summed E-state index contributed by atoms with van der Waals surface area (Å²) in [4.78, 5) is 19.5. The van der Waals surface area contributed by atoms with Crippen LogP contribution in [-0.4, -0.2) is 51.1 Å². The Bertz CT molecular complexity index is 1260. The van der Waals surface area contributed by atoms with E-state index in [0.29, 0.717) is 16.6 Å². The molecule has 3 heterocycles. The van der Waals surface area contributed by atoms with Gasteiger partial charge in [0, 0.05) is 31.2 Å². The molecule has 0 radical (unpaired) electrons. The lowest BCUT2D eigenvalue weighted by Crippen LogP contribution is -2.35. The van der Waals surface area contributed by atoms with E-state index in [9.17, 15) is 0 Å². The summed E-state index contributed by atoms with van der Waals surface area (Å²) >= 11 is 6.49. The van der Waals surface area contributed by atoms with Gasteiger partial charge in [-0.3, -0.25) is 9.97 Å². The van der Waals surface area contributed by atoms with Gasteiger partial charge in [0.1, 0.15) is 36.4 Å². The van der Waals surface area contributed by atoms with Crippen LogP contribution in [0.25, 0.3) is 10.9 Å². The quantitative estimate of drug-likeness (QED) is 0.404. The predicted molar refractivity (Wildman–Crippen MR) is 132 cm³/mol. The highest BCUT2D eigenvalue weighted by Gasteiger charge is 2.20. The van der Waals surface area contributed by atoms with Crippen molar-refractivity contribution in [1.82, 2.24) is 24.8 Å². The molecule has 1 aliphatic heterocycles. The number of piperidine rings is 1. The van der Waals surface area contributed by atoms with Crippen molar-refractivity contribution in [2.45, 2.75) is 25.6 Å². The van der Waals surface area contributed by atoms with Gasteiger partial charge >= 0.3 is 0 Å². The van der Waals surface area contributed by atoms with E-state index < -0.39 is 0 Å². The maximum absolute atomic E-state index is 6.49. The number of fused-ring (bicyclic) bond motifs is 1. The van der Waals surface area contributed by atoms with Crippen molar-refractivity contribution in [2.75, 3.05) is 25.5 Å². The zero-order valence-electron chi connectivity index (χ0n) is 18.8. The van der Waals surface area contributed by atoms with Crippen LogP contribution in [0.15, 0.2) is 61.3 Å². The van der Waals surface area contributed by atoms with Gasteiger partial charge in [-0.2, -0.15) is 0 Å². The van der Waals surface area contributed by atoms with E-state index in [-0.39, 0.29) is 12.7 Å². The number of nitrogens with one attached hydrogen (secondary N) is 1. The van der Waals surface area contributed by atoms with Gasteiger partial charge in [0.2, 0.25) is 0 Å². The molecule has 34 heavy (non-hydrogen) atoms. The number of nitrogens with zero attached hydrogens (tertiary/aromatic N) is 5. The van der Waals surface area contributed by atoms with Crippen molar-refractivity contribution < 1.29 is 9.47 Å². The van der Waals surface area contributed by atoms with Gasteiger partial charge in [-0.15, -0.1) is 0 Å². The summed E-state index contributed by atoms with van der Waals surface area (Å²) in [5.41, 5.74) is 2.33. The molecule has 0 aliphatic carbocycles. The second-order valence-electron chi connectivity index (χ2n) is 8.25. The molecule has 0 amide bonds. The molecule has 1 fully saturated rings. The summed E-state index contributed by atoms with van der Waals surface area (Å²) in [5.74, 6) is 2.01. The van der Waals surface area contributed by atoms with Crippen LogP contribution >= 0.6 is 11.6 Å². The fraction of sp³-hybridized carbons (Fsp3) is 0.280. The number of hydrogen-bond donors (Lipinski definition) is 1. The Morgan fingerprint density at radius 1 is 1.06 bits per heavy atom. The largest absolute Gasteiger partial charge is 0.489 e. The van der Waals surface area contributed by atoms with E-state index in [1.165, 1.54) is 0 Å².